The summed E-state index contributed by atoms with van der Waals surface area (Å²) in [6.45, 7) is 0.820. The van der Waals surface area contributed by atoms with Gasteiger partial charge in [0.2, 0.25) is 10.0 Å². The molecule has 7 heteroatoms. The molecule has 0 spiro atoms. The number of hydrogen-bond donors (Lipinski definition) is 2. The topological polar surface area (TPSA) is 67.4 Å². The highest BCUT2D eigenvalue weighted by molar-refractivity contribution is 9.10. The molecule has 0 aromatic heterocycles. The molecule has 0 fully saturated rings. The molecule has 0 atom stereocenters. The van der Waals surface area contributed by atoms with E-state index in [1.54, 1.807) is 18.2 Å². The summed E-state index contributed by atoms with van der Waals surface area (Å²) >= 11 is 3.31. The van der Waals surface area contributed by atoms with Crippen LogP contribution in [0.1, 0.15) is 12.8 Å². The number of halogens is 1. The predicted octanol–water partition coefficient (Wildman–Crippen LogP) is 2.20. The van der Waals surface area contributed by atoms with E-state index in [0.29, 0.717) is 17.9 Å². The van der Waals surface area contributed by atoms with E-state index in [-0.39, 0.29) is 5.75 Å². The van der Waals surface area contributed by atoms with Gasteiger partial charge in [-0.05, 0) is 38.6 Å². The third-order valence-electron chi connectivity index (χ3n) is 2.47. The van der Waals surface area contributed by atoms with Crippen LogP contribution in [0.5, 0.6) is 5.75 Å². The van der Waals surface area contributed by atoms with Gasteiger partial charge >= 0.3 is 0 Å². The Morgan fingerprint density at radius 3 is 2.63 bits per heavy atom. The highest BCUT2D eigenvalue weighted by Crippen LogP contribution is 2.25. The van der Waals surface area contributed by atoms with Crippen molar-refractivity contribution >= 4 is 31.6 Å². The second kappa shape index (κ2) is 7.72. The summed E-state index contributed by atoms with van der Waals surface area (Å²) in [6.07, 6.45) is 1.46. The Bertz CT molecular complexity index is 506. The predicted molar refractivity (Wildman–Crippen MR) is 81.3 cm³/mol. The zero-order valence-electron chi connectivity index (χ0n) is 11.1. The van der Waals surface area contributed by atoms with Crippen molar-refractivity contribution in [3.8, 4) is 5.75 Å². The van der Waals surface area contributed by atoms with Crippen LogP contribution in [0.25, 0.3) is 0 Å². The quantitative estimate of drug-likeness (QED) is 0.705. The number of unbranched alkanes of at least 4 members (excludes halogenated alkanes) is 1. The van der Waals surface area contributed by atoms with Gasteiger partial charge in [0.25, 0.3) is 0 Å². The van der Waals surface area contributed by atoms with Crippen LogP contribution in [0, 0.1) is 0 Å². The van der Waals surface area contributed by atoms with Crippen molar-refractivity contribution in [3.05, 3.63) is 22.7 Å². The molecule has 0 amide bonds. The summed E-state index contributed by atoms with van der Waals surface area (Å²) in [6, 6.07) is 5.12. The summed E-state index contributed by atoms with van der Waals surface area (Å²) in [5, 5.41) is 2.99. The maximum Gasteiger partial charge on any atom is 0.232 e. The van der Waals surface area contributed by atoms with Gasteiger partial charge in [0.1, 0.15) is 5.75 Å². The van der Waals surface area contributed by atoms with Crippen LogP contribution in [-0.4, -0.2) is 34.9 Å². The first-order valence-corrected chi connectivity index (χ1v) is 8.41. The van der Waals surface area contributed by atoms with Gasteiger partial charge in [-0.2, -0.15) is 0 Å². The van der Waals surface area contributed by atoms with E-state index in [1.807, 2.05) is 7.05 Å². The Kier molecular flexibility index (Phi) is 6.60. The summed E-state index contributed by atoms with van der Waals surface area (Å²) in [4.78, 5) is 0. The molecular weight excluding hydrogens is 332 g/mol. The number of hydrogen-bond acceptors (Lipinski definition) is 4. The van der Waals surface area contributed by atoms with Crippen LogP contribution in [0.15, 0.2) is 22.7 Å². The minimum Gasteiger partial charge on any atom is -0.497 e. The van der Waals surface area contributed by atoms with Gasteiger partial charge in [0.15, 0.2) is 0 Å². The molecule has 0 radical (unpaired) electrons. The fourth-order valence-corrected chi connectivity index (χ4v) is 3.20. The highest BCUT2D eigenvalue weighted by Gasteiger charge is 2.11. The maximum absolute atomic E-state index is 11.9. The molecular formula is C12H19BrN2O3S. The van der Waals surface area contributed by atoms with Crippen LogP contribution in [0.3, 0.4) is 0 Å². The van der Waals surface area contributed by atoms with Gasteiger partial charge in [-0.1, -0.05) is 15.9 Å². The smallest absolute Gasteiger partial charge is 0.232 e. The van der Waals surface area contributed by atoms with Crippen molar-refractivity contribution in [2.24, 2.45) is 0 Å². The number of rotatable bonds is 8. The van der Waals surface area contributed by atoms with E-state index in [9.17, 15) is 8.42 Å². The molecule has 1 aromatic rings. The fraction of sp³-hybridized carbons (Fsp3) is 0.500. The molecule has 0 unspecified atom stereocenters. The highest BCUT2D eigenvalue weighted by atomic mass is 79.9. The standard InChI is InChI=1S/C12H19BrN2O3S/c1-14-5-3-4-6-19(16,17)15-11-7-10(13)8-12(9-11)18-2/h7-9,14-15H,3-6H2,1-2H3. The zero-order valence-corrected chi connectivity index (χ0v) is 13.5. The molecule has 0 saturated carbocycles. The molecule has 0 aliphatic carbocycles. The molecule has 0 aliphatic heterocycles. The minimum absolute atomic E-state index is 0.115. The van der Waals surface area contributed by atoms with Crippen LogP contribution < -0.4 is 14.8 Å². The lowest BCUT2D eigenvalue weighted by Crippen LogP contribution is -2.18. The lowest BCUT2D eigenvalue weighted by molar-refractivity contribution is 0.415. The number of benzene rings is 1. The lowest BCUT2D eigenvalue weighted by Gasteiger charge is -2.10. The molecule has 108 valence electrons. The van der Waals surface area contributed by atoms with Crippen molar-refractivity contribution in [2.75, 3.05) is 31.2 Å². The normalized spacial score (nSPS) is 11.3. The van der Waals surface area contributed by atoms with Crippen molar-refractivity contribution in [1.29, 1.82) is 0 Å². The molecule has 1 rings (SSSR count). The van der Waals surface area contributed by atoms with E-state index in [0.717, 1.165) is 17.4 Å². The van der Waals surface area contributed by atoms with E-state index in [4.69, 9.17) is 4.74 Å². The van der Waals surface area contributed by atoms with Crippen LogP contribution in [-0.2, 0) is 10.0 Å². The van der Waals surface area contributed by atoms with Crippen LogP contribution in [0.2, 0.25) is 0 Å². The second-order valence-corrected chi connectivity index (χ2v) is 6.87. The first-order valence-electron chi connectivity index (χ1n) is 5.96. The Hall–Kier alpha value is -0.790. The minimum atomic E-state index is -3.31. The number of nitrogens with one attached hydrogen (secondary N) is 2. The summed E-state index contributed by atoms with van der Waals surface area (Å²) in [5.74, 6) is 0.714. The Labute approximate surface area is 122 Å². The number of methoxy groups -OCH3 is 1. The SMILES string of the molecule is CNCCCCS(=O)(=O)Nc1cc(Br)cc(OC)c1. The van der Waals surface area contributed by atoms with E-state index < -0.39 is 10.0 Å². The van der Waals surface area contributed by atoms with Crippen LogP contribution >= 0.6 is 15.9 Å². The van der Waals surface area contributed by atoms with Crippen molar-refractivity contribution in [2.45, 2.75) is 12.8 Å². The molecule has 0 aliphatic rings. The zero-order chi connectivity index (χ0) is 14.3. The first-order chi connectivity index (χ1) is 8.96. The van der Waals surface area contributed by atoms with Crippen molar-refractivity contribution in [1.82, 2.24) is 5.32 Å². The number of sulfonamides is 1. The van der Waals surface area contributed by atoms with E-state index in [2.05, 4.69) is 26.0 Å². The van der Waals surface area contributed by atoms with E-state index >= 15 is 0 Å². The third kappa shape index (κ3) is 6.26. The van der Waals surface area contributed by atoms with Crippen molar-refractivity contribution in [3.63, 3.8) is 0 Å². The molecule has 0 bridgehead atoms. The molecule has 0 saturated heterocycles. The average molecular weight is 351 g/mol. The van der Waals surface area contributed by atoms with Gasteiger partial charge in [-0.3, -0.25) is 4.72 Å². The average Bonchev–Trinajstić information content (AvgIpc) is 2.33. The molecule has 1 aromatic carbocycles. The summed E-state index contributed by atoms with van der Waals surface area (Å²) in [5.41, 5.74) is 0.500. The Morgan fingerprint density at radius 2 is 2.00 bits per heavy atom. The van der Waals surface area contributed by atoms with Gasteiger partial charge in [-0.15, -0.1) is 0 Å². The number of anilines is 1. The molecule has 19 heavy (non-hydrogen) atoms. The molecule has 2 N–H and O–H groups in total. The van der Waals surface area contributed by atoms with Gasteiger partial charge in [0, 0.05) is 10.5 Å². The number of ether oxygens (including phenoxy) is 1. The van der Waals surface area contributed by atoms with E-state index in [1.165, 1.54) is 7.11 Å². The second-order valence-electron chi connectivity index (χ2n) is 4.11. The Balaban J connectivity index is 2.64. The van der Waals surface area contributed by atoms with Gasteiger partial charge in [-0.25, -0.2) is 8.42 Å². The maximum atomic E-state index is 11.9. The third-order valence-corrected chi connectivity index (χ3v) is 4.30. The van der Waals surface area contributed by atoms with Gasteiger partial charge < -0.3 is 10.1 Å². The molecule has 0 heterocycles. The Morgan fingerprint density at radius 1 is 1.26 bits per heavy atom. The van der Waals surface area contributed by atoms with Gasteiger partial charge in [0.05, 0.1) is 18.6 Å². The first kappa shape index (κ1) is 16.3. The lowest BCUT2D eigenvalue weighted by atomic mass is 10.3. The summed E-state index contributed by atoms with van der Waals surface area (Å²) < 4.78 is 32.2. The van der Waals surface area contributed by atoms with Crippen molar-refractivity contribution < 1.29 is 13.2 Å². The van der Waals surface area contributed by atoms with Crippen LogP contribution in [0.4, 0.5) is 5.69 Å². The summed E-state index contributed by atoms with van der Waals surface area (Å²) in [7, 11) is 0.0762. The monoisotopic (exact) mass is 350 g/mol. The fourth-order valence-electron chi connectivity index (χ4n) is 1.56. The largest absolute Gasteiger partial charge is 0.497 e. The molecule has 5 nitrogen and oxygen atoms in total.